The van der Waals surface area contributed by atoms with Crippen molar-refractivity contribution >= 4 is 11.6 Å². The van der Waals surface area contributed by atoms with Crippen molar-refractivity contribution in [3.05, 3.63) is 29.2 Å². The van der Waals surface area contributed by atoms with Gasteiger partial charge in [-0.1, -0.05) is 0 Å². The smallest absolute Gasteiger partial charge is 0.420 e. The van der Waals surface area contributed by atoms with E-state index in [1.54, 1.807) is 0 Å². The number of rotatable bonds is 1. The van der Waals surface area contributed by atoms with E-state index in [1.165, 1.54) is 13.0 Å². The second kappa shape index (κ2) is 3.44. The molecule has 0 radical (unpaired) electrons. The number of aryl methyl sites for hydroxylation is 1. The molecule has 0 unspecified atom stereocenters. The van der Waals surface area contributed by atoms with Crippen molar-refractivity contribution in [3.63, 3.8) is 0 Å². The van der Waals surface area contributed by atoms with Gasteiger partial charge in [0.25, 0.3) is 0 Å². The van der Waals surface area contributed by atoms with Gasteiger partial charge in [0.1, 0.15) is 5.56 Å². The summed E-state index contributed by atoms with van der Waals surface area (Å²) in [7, 11) is 0. The third-order valence-corrected chi connectivity index (χ3v) is 2.11. The van der Waals surface area contributed by atoms with Crippen LogP contribution in [0.3, 0.4) is 0 Å². The first-order valence-electron chi connectivity index (χ1n) is 4.46. The lowest BCUT2D eigenvalue weighted by Crippen LogP contribution is -2.18. The third-order valence-electron chi connectivity index (χ3n) is 2.11. The van der Waals surface area contributed by atoms with Gasteiger partial charge in [0.05, 0.1) is 5.69 Å². The van der Waals surface area contributed by atoms with Crippen LogP contribution in [-0.4, -0.2) is 25.7 Å². The Morgan fingerprint density at radius 1 is 1.47 bits per heavy atom. The summed E-state index contributed by atoms with van der Waals surface area (Å²) in [5.74, 6) is -1.70. The van der Waals surface area contributed by atoms with E-state index in [9.17, 15) is 18.0 Å². The lowest BCUT2D eigenvalue weighted by molar-refractivity contribution is -0.138. The molecule has 0 aliphatic rings. The van der Waals surface area contributed by atoms with Crippen molar-refractivity contribution in [3.8, 4) is 0 Å². The fourth-order valence-electron chi connectivity index (χ4n) is 1.46. The zero-order valence-corrected chi connectivity index (χ0v) is 8.49. The molecule has 17 heavy (non-hydrogen) atoms. The maximum Gasteiger partial charge on any atom is 0.420 e. The van der Waals surface area contributed by atoms with Crippen LogP contribution in [0.5, 0.6) is 0 Å². The highest BCUT2D eigenvalue weighted by molar-refractivity contribution is 5.88. The molecule has 0 bridgehead atoms. The van der Waals surface area contributed by atoms with E-state index in [1.807, 2.05) is 0 Å². The van der Waals surface area contributed by atoms with E-state index in [4.69, 9.17) is 5.11 Å². The number of halogens is 3. The van der Waals surface area contributed by atoms with Gasteiger partial charge in [-0.3, -0.25) is 0 Å². The van der Waals surface area contributed by atoms with Gasteiger partial charge in [0.2, 0.25) is 0 Å². The number of nitrogens with zero attached hydrogens (tertiary/aromatic N) is 3. The van der Waals surface area contributed by atoms with Crippen LogP contribution in [0.15, 0.2) is 12.3 Å². The van der Waals surface area contributed by atoms with E-state index in [0.29, 0.717) is 16.4 Å². The molecule has 2 aromatic rings. The quantitative estimate of drug-likeness (QED) is 0.831. The second-order valence-electron chi connectivity index (χ2n) is 3.38. The molecule has 0 amide bonds. The summed E-state index contributed by atoms with van der Waals surface area (Å²) in [6.07, 6.45) is -4.28. The van der Waals surface area contributed by atoms with Crippen LogP contribution in [0, 0.1) is 6.92 Å². The van der Waals surface area contributed by atoms with Crippen LogP contribution in [0.25, 0.3) is 5.65 Å². The van der Waals surface area contributed by atoms with Crippen LogP contribution in [0.2, 0.25) is 0 Å². The van der Waals surface area contributed by atoms with E-state index < -0.39 is 23.4 Å². The van der Waals surface area contributed by atoms with E-state index in [2.05, 4.69) is 10.1 Å². The van der Waals surface area contributed by atoms with E-state index in [0.717, 1.165) is 0 Å². The standard InChI is InChI=1S/C9H6F3N3O2/c1-4-2-6-13-3-5(9(10,11)12)7(8(16)17)15(6)14-4/h2-3H,1H3,(H,16,17). The van der Waals surface area contributed by atoms with Crippen molar-refractivity contribution in [2.75, 3.05) is 0 Å². The van der Waals surface area contributed by atoms with Crippen molar-refractivity contribution in [2.45, 2.75) is 13.1 Å². The molecule has 1 N–H and O–H groups in total. The molecular formula is C9H6F3N3O2. The fraction of sp³-hybridized carbons (Fsp3) is 0.222. The Balaban J connectivity index is 2.86. The molecule has 2 rings (SSSR count). The number of aromatic carboxylic acids is 1. The first-order valence-corrected chi connectivity index (χ1v) is 4.46. The van der Waals surface area contributed by atoms with Gasteiger partial charge < -0.3 is 5.11 Å². The summed E-state index contributed by atoms with van der Waals surface area (Å²) in [6.45, 7) is 1.54. The van der Waals surface area contributed by atoms with Crippen LogP contribution in [0.4, 0.5) is 13.2 Å². The zero-order chi connectivity index (χ0) is 12.8. The van der Waals surface area contributed by atoms with Crippen molar-refractivity contribution in [1.82, 2.24) is 14.6 Å². The number of fused-ring (bicyclic) bond motifs is 1. The fourth-order valence-corrected chi connectivity index (χ4v) is 1.46. The number of hydrogen-bond acceptors (Lipinski definition) is 3. The average molecular weight is 245 g/mol. The van der Waals surface area contributed by atoms with Crippen molar-refractivity contribution in [1.29, 1.82) is 0 Å². The molecule has 2 heterocycles. The molecule has 0 saturated carbocycles. The van der Waals surface area contributed by atoms with Gasteiger partial charge in [0, 0.05) is 12.3 Å². The molecule has 0 aromatic carbocycles. The minimum atomic E-state index is -4.78. The number of carbonyl (C=O) groups is 1. The van der Waals surface area contributed by atoms with E-state index in [-0.39, 0.29) is 5.65 Å². The van der Waals surface area contributed by atoms with Gasteiger partial charge >= 0.3 is 12.1 Å². The van der Waals surface area contributed by atoms with Crippen LogP contribution in [0.1, 0.15) is 21.7 Å². The molecule has 0 aliphatic carbocycles. The normalized spacial score (nSPS) is 12.0. The molecule has 0 atom stereocenters. The second-order valence-corrected chi connectivity index (χ2v) is 3.38. The van der Waals surface area contributed by atoms with Crippen molar-refractivity contribution in [2.24, 2.45) is 0 Å². The number of carboxylic acid groups (broad SMARTS) is 1. The molecule has 5 nitrogen and oxygen atoms in total. The molecule has 2 aromatic heterocycles. The van der Waals surface area contributed by atoms with Gasteiger partial charge in [-0.15, -0.1) is 0 Å². The van der Waals surface area contributed by atoms with Crippen LogP contribution in [-0.2, 0) is 6.18 Å². The van der Waals surface area contributed by atoms with Crippen molar-refractivity contribution < 1.29 is 23.1 Å². The summed E-state index contributed by atoms with van der Waals surface area (Å²) in [6, 6.07) is 1.40. The predicted molar refractivity (Wildman–Crippen MR) is 49.7 cm³/mol. The molecule has 0 fully saturated rings. The Bertz CT molecular complexity index is 603. The SMILES string of the molecule is Cc1cc2ncc(C(F)(F)F)c(C(=O)O)n2n1. The highest BCUT2D eigenvalue weighted by Gasteiger charge is 2.37. The monoisotopic (exact) mass is 245 g/mol. The maximum absolute atomic E-state index is 12.6. The maximum atomic E-state index is 12.6. The van der Waals surface area contributed by atoms with Gasteiger partial charge in [0.15, 0.2) is 11.3 Å². The number of carboxylic acids is 1. The summed E-state index contributed by atoms with van der Waals surface area (Å²) in [5.41, 5.74) is -1.80. The highest BCUT2D eigenvalue weighted by atomic mass is 19.4. The molecule has 0 spiro atoms. The Hall–Kier alpha value is -2.12. The Morgan fingerprint density at radius 2 is 2.12 bits per heavy atom. The first-order chi connectivity index (χ1) is 7.80. The molecule has 8 heteroatoms. The molecular weight excluding hydrogens is 239 g/mol. The van der Waals surface area contributed by atoms with Gasteiger partial charge in [-0.05, 0) is 6.92 Å². The van der Waals surface area contributed by atoms with Gasteiger partial charge in [-0.25, -0.2) is 14.3 Å². The highest BCUT2D eigenvalue weighted by Crippen LogP contribution is 2.31. The number of alkyl halides is 3. The Kier molecular flexibility index (Phi) is 2.30. The zero-order valence-electron chi connectivity index (χ0n) is 8.49. The van der Waals surface area contributed by atoms with Crippen LogP contribution >= 0.6 is 0 Å². The topological polar surface area (TPSA) is 67.5 Å². The summed E-state index contributed by atoms with van der Waals surface area (Å²) in [4.78, 5) is 14.4. The average Bonchev–Trinajstić information content (AvgIpc) is 2.53. The largest absolute Gasteiger partial charge is 0.476 e. The predicted octanol–water partition coefficient (Wildman–Crippen LogP) is 1.75. The number of hydrogen-bond donors (Lipinski definition) is 1. The van der Waals surface area contributed by atoms with Crippen LogP contribution < -0.4 is 0 Å². The summed E-state index contributed by atoms with van der Waals surface area (Å²) < 4.78 is 38.5. The summed E-state index contributed by atoms with van der Waals surface area (Å²) in [5, 5.41) is 12.5. The minimum Gasteiger partial charge on any atom is -0.476 e. The molecule has 0 saturated heterocycles. The van der Waals surface area contributed by atoms with E-state index >= 15 is 0 Å². The lowest BCUT2D eigenvalue weighted by Gasteiger charge is -2.10. The molecule has 0 aliphatic heterocycles. The lowest BCUT2D eigenvalue weighted by atomic mass is 10.2. The Labute approximate surface area is 92.5 Å². The Morgan fingerprint density at radius 3 is 2.65 bits per heavy atom. The molecule has 90 valence electrons. The van der Waals surface area contributed by atoms with Gasteiger partial charge in [-0.2, -0.15) is 18.3 Å². The first kappa shape index (κ1) is 11.4. The summed E-state index contributed by atoms with van der Waals surface area (Å²) >= 11 is 0. The third kappa shape index (κ3) is 1.81. The number of aromatic nitrogens is 3. The minimum absolute atomic E-state index is 0.0629.